The zero-order valence-electron chi connectivity index (χ0n) is 12.6. The highest BCUT2D eigenvalue weighted by Crippen LogP contribution is 2.29. The lowest BCUT2D eigenvalue weighted by Crippen LogP contribution is -2.43. The Labute approximate surface area is 125 Å². The van der Waals surface area contributed by atoms with E-state index in [2.05, 4.69) is 29.2 Å². The van der Waals surface area contributed by atoms with Crippen molar-refractivity contribution >= 4 is 0 Å². The first kappa shape index (κ1) is 14.3. The second kappa shape index (κ2) is 5.98. The molecule has 0 unspecified atom stereocenters. The van der Waals surface area contributed by atoms with E-state index in [9.17, 15) is 0 Å². The van der Waals surface area contributed by atoms with Gasteiger partial charge in [-0.05, 0) is 24.8 Å². The molecule has 112 valence electrons. The van der Waals surface area contributed by atoms with Crippen molar-refractivity contribution in [3.8, 4) is 11.4 Å². The van der Waals surface area contributed by atoms with E-state index in [4.69, 9.17) is 10.3 Å². The van der Waals surface area contributed by atoms with E-state index >= 15 is 0 Å². The number of benzene rings is 1. The van der Waals surface area contributed by atoms with Gasteiger partial charge in [-0.3, -0.25) is 0 Å². The van der Waals surface area contributed by atoms with Crippen LogP contribution in [0.3, 0.4) is 0 Å². The van der Waals surface area contributed by atoms with Gasteiger partial charge in [-0.15, -0.1) is 0 Å². The van der Waals surface area contributed by atoms with Crippen LogP contribution in [0.4, 0.5) is 0 Å². The van der Waals surface area contributed by atoms with Crippen LogP contribution in [0, 0.1) is 0 Å². The molecular weight excluding hydrogens is 262 g/mol. The maximum Gasteiger partial charge on any atom is 0.228 e. The zero-order valence-corrected chi connectivity index (χ0v) is 12.6. The van der Waals surface area contributed by atoms with Gasteiger partial charge in [0.1, 0.15) is 0 Å². The summed E-state index contributed by atoms with van der Waals surface area (Å²) in [6.45, 7) is 2.15. The number of rotatable bonds is 4. The Morgan fingerprint density at radius 3 is 2.52 bits per heavy atom. The minimum absolute atomic E-state index is 0.159. The summed E-state index contributed by atoms with van der Waals surface area (Å²) >= 11 is 0. The third-order valence-electron chi connectivity index (χ3n) is 4.44. The molecule has 1 heterocycles. The molecule has 0 spiro atoms. The third-order valence-corrected chi connectivity index (χ3v) is 4.44. The van der Waals surface area contributed by atoms with Gasteiger partial charge in [0.25, 0.3) is 0 Å². The Morgan fingerprint density at radius 1 is 1.14 bits per heavy atom. The van der Waals surface area contributed by atoms with Gasteiger partial charge in [0.05, 0.1) is 0 Å². The molecule has 1 aromatic carbocycles. The Kier molecular flexibility index (Phi) is 4.06. The summed E-state index contributed by atoms with van der Waals surface area (Å²) in [5.41, 5.74) is 8.60. The molecule has 1 aromatic heterocycles. The molecule has 0 radical (unpaired) electrons. The maximum absolute atomic E-state index is 6.45. The van der Waals surface area contributed by atoms with Crippen molar-refractivity contribution < 1.29 is 4.52 Å². The lowest BCUT2D eigenvalue weighted by Gasteiger charge is -2.31. The van der Waals surface area contributed by atoms with Crippen LogP contribution in [0.25, 0.3) is 11.4 Å². The van der Waals surface area contributed by atoms with Crippen LogP contribution in [-0.2, 0) is 12.8 Å². The molecule has 0 aliphatic heterocycles. The van der Waals surface area contributed by atoms with Gasteiger partial charge in [-0.1, -0.05) is 55.6 Å². The van der Waals surface area contributed by atoms with Crippen molar-refractivity contribution in [2.24, 2.45) is 5.73 Å². The van der Waals surface area contributed by atoms with Crippen LogP contribution in [-0.4, -0.2) is 15.7 Å². The fraction of sp³-hybridized carbons (Fsp3) is 0.529. The fourth-order valence-corrected chi connectivity index (χ4v) is 3.07. The number of aromatic nitrogens is 2. The molecule has 1 fully saturated rings. The zero-order chi connectivity index (χ0) is 14.7. The topological polar surface area (TPSA) is 64.9 Å². The number of hydrogen-bond donors (Lipinski definition) is 1. The second-order valence-corrected chi connectivity index (χ2v) is 6.16. The van der Waals surface area contributed by atoms with E-state index in [-0.39, 0.29) is 5.54 Å². The minimum Gasteiger partial charge on any atom is -0.339 e. The van der Waals surface area contributed by atoms with E-state index in [1.807, 2.05) is 12.1 Å². The molecule has 4 heteroatoms. The van der Waals surface area contributed by atoms with Gasteiger partial charge < -0.3 is 10.3 Å². The molecule has 2 N–H and O–H groups in total. The first-order chi connectivity index (χ1) is 10.2. The Balaban J connectivity index is 1.73. The molecular formula is C17H23N3O. The lowest BCUT2D eigenvalue weighted by atomic mass is 9.80. The summed E-state index contributed by atoms with van der Waals surface area (Å²) in [5, 5.41) is 4.10. The molecule has 1 aliphatic rings. The number of nitrogens with two attached hydrogens (primary N) is 1. The highest BCUT2D eigenvalue weighted by molar-refractivity contribution is 5.54. The number of hydrogen-bond acceptors (Lipinski definition) is 4. The molecule has 2 aromatic rings. The Morgan fingerprint density at radius 2 is 1.86 bits per heavy atom. The third kappa shape index (κ3) is 3.32. The summed E-state index contributed by atoms with van der Waals surface area (Å²) in [6, 6.07) is 8.31. The van der Waals surface area contributed by atoms with E-state index in [1.165, 1.54) is 24.8 Å². The largest absolute Gasteiger partial charge is 0.339 e. The molecule has 1 saturated carbocycles. The van der Waals surface area contributed by atoms with Crippen molar-refractivity contribution in [3.63, 3.8) is 0 Å². The van der Waals surface area contributed by atoms with Crippen molar-refractivity contribution in [1.82, 2.24) is 10.1 Å². The van der Waals surface area contributed by atoms with Gasteiger partial charge in [0, 0.05) is 17.5 Å². The molecule has 0 saturated heterocycles. The van der Waals surface area contributed by atoms with Crippen LogP contribution in [0.15, 0.2) is 28.8 Å². The minimum atomic E-state index is -0.159. The van der Waals surface area contributed by atoms with Gasteiger partial charge >= 0.3 is 0 Å². The molecule has 0 atom stereocenters. The summed E-state index contributed by atoms with van der Waals surface area (Å²) in [4.78, 5) is 4.52. The quantitative estimate of drug-likeness (QED) is 0.933. The van der Waals surface area contributed by atoms with Gasteiger partial charge in [-0.25, -0.2) is 0 Å². The number of aryl methyl sites for hydroxylation is 1. The van der Waals surface area contributed by atoms with E-state index in [1.54, 1.807) is 0 Å². The molecule has 0 bridgehead atoms. The maximum atomic E-state index is 6.45. The summed E-state index contributed by atoms with van der Waals surface area (Å²) in [5.74, 6) is 1.32. The summed E-state index contributed by atoms with van der Waals surface area (Å²) in [6.07, 6.45) is 7.52. The van der Waals surface area contributed by atoms with Crippen molar-refractivity contribution in [2.45, 2.75) is 57.4 Å². The molecule has 1 aliphatic carbocycles. The van der Waals surface area contributed by atoms with Crippen LogP contribution in [0.2, 0.25) is 0 Å². The highest BCUT2D eigenvalue weighted by atomic mass is 16.5. The molecule has 3 rings (SSSR count). The normalized spacial score (nSPS) is 17.8. The first-order valence-corrected chi connectivity index (χ1v) is 7.89. The van der Waals surface area contributed by atoms with Gasteiger partial charge in [0.2, 0.25) is 11.7 Å². The second-order valence-electron chi connectivity index (χ2n) is 6.16. The first-order valence-electron chi connectivity index (χ1n) is 7.89. The molecule has 4 nitrogen and oxygen atoms in total. The van der Waals surface area contributed by atoms with Crippen molar-refractivity contribution in [3.05, 3.63) is 35.7 Å². The van der Waals surface area contributed by atoms with Crippen LogP contribution < -0.4 is 5.73 Å². The summed E-state index contributed by atoms with van der Waals surface area (Å²) < 4.78 is 5.40. The molecule has 21 heavy (non-hydrogen) atoms. The average molecular weight is 285 g/mol. The summed E-state index contributed by atoms with van der Waals surface area (Å²) in [7, 11) is 0. The molecule has 0 amide bonds. The van der Waals surface area contributed by atoms with Crippen LogP contribution in [0.5, 0.6) is 0 Å². The average Bonchev–Trinajstić information content (AvgIpc) is 2.96. The number of nitrogens with zero attached hydrogens (tertiary/aromatic N) is 2. The Bertz CT molecular complexity index is 582. The van der Waals surface area contributed by atoms with Crippen molar-refractivity contribution in [1.29, 1.82) is 0 Å². The predicted molar refractivity (Wildman–Crippen MR) is 82.8 cm³/mol. The van der Waals surface area contributed by atoms with Crippen LogP contribution >= 0.6 is 0 Å². The standard InChI is InChI=1S/C17H23N3O/c1-2-13-6-8-14(9-7-13)16-19-15(21-20-16)12-17(18)10-4-3-5-11-17/h6-9H,2-5,10-12,18H2,1H3. The van der Waals surface area contributed by atoms with Crippen LogP contribution in [0.1, 0.15) is 50.5 Å². The van der Waals surface area contributed by atoms with E-state index in [0.29, 0.717) is 18.1 Å². The smallest absolute Gasteiger partial charge is 0.228 e. The fourth-order valence-electron chi connectivity index (χ4n) is 3.07. The monoisotopic (exact) mass is 285 g/mol. The lowest BCUT2D eigenvalue weighted by molar-refractivity contribution is 0.261. The highest BCUT2D eigenvalue weighted by Gasteiger charge is 2.30. The SMILES string of the molecule is CCc1ccc(-c2noc(CC3(N)CCCCC3)n2)cc1. The Hall–Kier alpha value is -1.68. The predicted octanol–water partition coefficient (Wildman–Crippen LogP) is 3.50. The van der Waals surface area contributed by atoms with E-state index < -0.39 is 0 Å². The van der Waals surface area contributed by atoms with E-state index in [0.717, 1.165) is 24.8 Å². The van der Waals surface area contributed by atoms with Gasteiger partial charge in [0.15, 0.2) is 0 Å². The van der Waals surface area contributed by atoms with Gasteiger partial charge in [-0.2, -0.15) is 4.98 Å². The van der Waals surface area contributed by atoms with Crippen molar-refractivity contribution in [2.75, 3.05) is 0 Å².